The largest absolute Gasteiger partial charge is 0.418 e. The van der Waals surface area contributed by atoms with Crippen molar-refractivity contribution >= 4 is 5.69 Å². The molecule has 1 aliphatic heterocycles. The maximum atomic E-state index is 13.5. The molecule has 2 heterocycles. The van der Waals surface area contributed by atoms with Gasteiger partial charge >= 0.3 is 6.18 Å². The van der Waals surface area contributed by atoms with Gasteiger partial charge in [0.2, 0.25) is 0 Å². The zero-order valence-corrected chi connectivity index (χ0v) is 13.1. The molecular weight excluding hydrogens is 321 g/mol. The number of alkyl halides is 3. The van der Waals surface area contributed by atoms with Crippen molar-refractivity contribution in [2.75, 3.05) is 38.1 Å². The Morgan fingerprint density at radius 1 is 1.08 bits per heavy atom. The molecule has 1 aliphatic rings. The van der Waals surface area contributed by atoms with Crippen molar-refractivity contribution in [3.05, 3.63) is 46.2 Å². The van der Waals surface area contributed by atoms with E-state index in [1.165, 1.54) is 18.2 Å². The normalized spacial score (nSPS) is 16.4. The number of aromatic nitrogens is 2. The number of nitrogens with one attached hydrogen (secondary N) is 1. The summed E-state index contributed by atoms with van der Waals surface area (Å²) in [6.45, 7) is 2.55. The number of piperazine rings is 1. The average Bonchev–Trinajstić information content (AvgIpc) is 2.55. The molecule has 0 bridgehead atoms. The van der Waals surface area contributed by atoms with E-state index >= 15 is 0 Å². The lowest BCUT2D eigenvalue weighted by Gasteiger charge is -2.35. The number of aromatic amines is 1. The molecule has 1 fully saturated rings. The Kier molecular flexibility index (Phi) is 4.31. The number of nitrogens with zero attached hydrogens (tertiary/aromatic N) is 3. The van der Waals surface area contributed by atoms with Crippen LogP contribution < -0.4 is 10.5 Å². The van der Waals surface area contributed by atoms with Gasteiger partial charge in [0.15, 0.2) is 0 Å². The molecule has 2 aromatic rings. The summed E-state index contributed by atoms with van der Waals surface area (Å²) in [4.78, 5) is 14.9. The van der Waals surface area contributed by atoms with Gasteiger partial charge in [-0.25, -0.2) is 5.10 Å². The molecule has 8 heteroatoms. The van der Waals surface area contributed by atoms with Crippen molar-refractivity contribution in [1.82, 2.24) is 15.1 Å². The molecule has 0 unspecified atom stereocenters. The summed E-state index contributed by atoms with van der Waals surface area (Å²) in [6.07, 6.45) is -4.46. The molecule has 5 nitrogen and oxygen atoms in total. The minimum absolute atomic E-state index is 0.184. The first kappa shape index (κ1) is 16.5. The molecule has 0 atom stereocenters. The fourth-order valence-electron chi connectivity index (χ4n) is 2.75. The third-order valence-electron chi connectivity index (χ3n) is 4.12. The molecule has 128 valence electrons. The lowest BCUT2D eigenvalue weighted by atomic mass is 10.0. The van der Waals surface area contributed by atoms with Crippen LogP contribution in [0.25, 0.3) is 11.3 Å². The van der Waals surface area contributed by atoms with Gasteiger partial charge in [-0.2, -0.15) is 18.3 Å². The second-order valence-corrected chi connectivity index (χ2v) is 5.83. The van der Waals surface area contributed by atoms with Crippen molar-refractivity contribution in [3.63, 3.8) is 0 Å². The third-order valence-corrected chi connectivity index (χ3v) is 4.12. The monoisotopic (exact) mass is 338 g/mol. The smallest absolute Gasteiger partial charge is 0.368 e. The van der Waals surface area contributed by atoms with Crippen LogP contribution in [0.4, 0.5) is 18.9 Å². The minimum atomic E-state index is -4.46. The Balaban J connectivity index is 2.01. The number of anilines is 1. The highest BCUT2D eigenvalue weighted by Crippen LogP contribution is 2.39. The molecule has 3 rings (SSSR count). The maximum Gasteiger partial charge on any atom is 0.418 e. The van der Waals surface area contributed by atoms with E-state index in [0.717, 1.165) is 19.2 Å². The number of benzene rings is 1. The summed E-state index contributed by atoms with van der Waals surface area (Å²) < 4.78 is 40.6. The molecule has 1 aromatic carbocycles. The number of likely N-dealkylation sites (N-methyl/N-ethyl adjacent to an activating group) is 1. The number of halogens is 3. The van der Waals surface area contributed by atoms with Crippen LogP contribution in [0, 0.1) is 0 Å². The highest BCUT2D eigenvalue weighted by atomic mass is 19.4. The quantitative estimate of drug-likeness (QED) is 0.912. The van der Waals surface area contributed by atoms with Crippen LogP contribution in [0.3, 0.4) is 0 Å². The number of rotatable bonds is 2. The number of hydrogen-bond donors (Lipinski definition) is 1. The lowest BCUT2D eigenvalue weighted by Crippen LogP contribution is -2.45. The fourth-order valence-corrected chi connectivity index (χ4v) is 2.75. The van der Waals surface area contributed by atoms with E-state index in [4.69, 9.17) is 0 Å². The predicted molar refractivity (Wildman–Crippen MR) is 85.0 cm³/mol. The van der Waals surface area contributed by atoms with Crippen molar-refractivity contribution in [1.29, 1.82) is 0 Å². The van der Waals surface area contributed by atoms with Crippen LogP contribution in [-0.4, -0.2) is 48.3 Å². The van der Waals surface area contributed by atoms with Crippen LogP contribution in [0.15, 0.2) is 35.1 Å². The topological polar surface area (TPSA) is 52.2 Å². The van der Waals surface area contributed by atoms with Crippen LogP contribution in [0.2, 0.25) is 0 Å². The molecule has 0 saturated carbocycles. The summed E-state index contributed by atoms with van der Waals surface area (Å²) >= 11 is 0. The predicted octanol–water partition coefficient (Wildman–Crippen LogP) is 2.21. The second kappa shape index (κ2) is 6.27. The van der Waals surface area contributed by atoms with Crippen LogP contribution in [0.1, 0.15) is 5.56 Å². The first-order valence-electron chi connectivity index (χ1n) is 7.55. The van der Waals surface area contributed by atoms with Gasteiger partial charge in [-0.15, -0.1) is 0 Å². The molecule has 24 heavy (non-hydrogen) atoms. The molecular formula is C16H17F3N4O. The standard InChI is InChI=1S/C16H17F3N4O/c1-22-6-8-23(9-7-22)14-4-2-11(10-12(14)16(17,18)19)13-3-5-15(24)21-20-13/h2-5,10H,6-9H2,1H3,(H,21,24). The van der Waals surface area contributed by atoms with E-state index < -0.39 is 17.3 Å². The highest BCUT2D eigenvalue weighted by Gasteiger charge is 2.35. The molecule has 1 saturated heterocycles. The molecule has 0 aliphatic carbocycles. The van der Waals surface area contributed by atoms with Crippen molar-refractivity contribution < 1.29 is 13.2 Å². The number of hydrogen-bond acceptors (Lipinski definition) is 4. The third kappa shape index (κ3) is 3.43. The van der Waals surface area contributed by atoms with Gasteiger partial charge in [0, 0.05) is 43.5 Å². The van der Waals surface area contributed by atoms with Crippen molar-refractivity contribution in [3.8, 4) is 11.3 Å². The van der Waals surface area contributed by atoms with Crippen LogP contribution >= 0.6 is 0 Å². The summed E-state index contributed by atoms with van der Waals surface area (Å²) in [5.41, 5.74) is -0.286. The van der Waals surface area contributed by atoms with E-state index in [0.29, 0.717) is 24.3 Å². The first-order chi connectivity index (χ1) is 11.3. The summed E-state index contributed by atoms with van der Waals surface area (Å²) in [7, 11) is 1.95. The van der Waals surface area contributed by atoms with E-state index in [2.05, 4.69) is 15.1 Å². The van der Waals surface area contributed by atoms with Gasteiger partial charge < -0.3 is 9.80 Å². The summed E-state index contributed by atoms with van der Waals surface area (Å²) in [5, 5.41) is 6.04. The van der Waals surface area contributed by atoms with Gasteiger partial charge in [-0.05, 0) is 25.2 Å². The van der Waals surface area contributed by atoms with Gasteiger partial charge in [0.05, 0.1) is 11.3 Å². The first-order valence-corrected chi connectivity index (χ1v) is 7.55. The Morgan fingerprint density at radius 3 is 2.38 bits per heavy atom. The second-order valence-electron chi connectivity index (χ2n) is 5.83. The average molecular weight is 338 g/mol. The molecule has 0 radical (unpaired) electrons. The van der Waals surface area contributed by atoms with Crippen molar-refractivity contribution in [2.45, 2.75) is 6.18 Å². The van der Waals surface area contributed by atoms with Crippen LogP contribution in [0.5, 0.6) is 0 Å². The maximum absolute atomic E-state index is 13.5. The minimum Gasteiger partial charge on any atom is -0.368 e. The van der Waals surface area contributed by atoms with Gasteiger partial charge in [-0.3, -0.25) is 4.79 Å². The zero-order chi connectivity index (χ0) is 17.3. The Hall–Kier alpha value is -2.35. The zero-order valence-electron chi connectivity index (χ0n) is 13.1. The van der Waals surface area contributed by atoms with Crippen molar-refractivity contribution in [2.24, 2.45) is 0 Å². The van der Waals surface area contributed by atoms with E-state index in [-0.39, 0.29) is 5.69 Å². The Morgan fingerprint density at radius 2 is 1.79 bits per heavy atom. The highest BCUT2D eigenvalue weighted by molar-refractivity contribution is 5.67. The number of H-pyrrole nitrogens is 1. The Labute approximate surface area is 136 Å². The summed E-state index contributed by atoms with van der Waals surface area (Å²) in [6, 6.07) is 6.82. The molecule has 0 spiro atoms. The molecule has 0 amide bonds. The lowest BCUT2D eigenvalue weighted by molar-refractivity contribution is -0.137. The van der Waals surface area contributed by atoms with E-state index in [1.54, 1.807) is 11.0 Å². The van der Waals surface area contributed by atoms with Gasteiger partial charge in [0.1, 0.15) is 0 Å². The van der Waals surface area contributed by atoms with Gasteiger partial charge in [0.25, 0.3) is 5.56 Å². The van der Waals surface area contributed by atoms with E-state index in [1.807, 2.05) is 7.05 Å². The van der Waals surface area contributed by atoms with Gasteiger partial charge in [-0.1, -0.05) is 6.07 Å². The Bertz CT molecular complexity index is 759. The molecule has 1 aromatic heterocycles. The summed E-state index contributed by atoms with van der Waals surface area (Å²) in [5.74, 6) is 0. The molecule has 1 N–H and O–H groups in total. The fraction of sp³-hybridized carbons (Fsp3) is 0.375. The van der Waals surface area contributed by atoms with Crippen LogP contribution in [-0.2, 0) is 6.18 Å². The van der Waals surface area contributed by atoms with E-state index in [9.17, 15) is 18.0 Å². The SMILES string of the molecule is CN1CCN(c2ccc(-c3ccc(=O)[nH]n3)cc2C(F)(F)F)CC1.